The number of aryl methyl sites for hydroxylation is 1. The molecule has 1 aromatic rings. The Kier molecular flexibility index (Phi) is 4.45. The van der Waals surface area contributed by atoms with Gasteiger partial charge in [-0.2, -0.15) is 4.98 Å². The van der Waals surface area contributed by atoms with E-state index >= 15 is 0 Å². The molecule has 1 saturated carbocycles. The smallest absolute Gasteiger partial charge is 0.225 e. The molecular weight excluding hydrogens is 280 g/mol. The molecule has 120 valence electrons. The number of hydrogen-bond acceptors (Lipinski definition) is 5. The van der Waals surface area contributed by atoms with E-state index in [2.05, 4.69) is 14.9 Å². The molecular formula is C16H24N4O2. The van der Waals surface area contributed by atoms with E-state index in [0.717, 1.165) is 44.8 Å². The maximum atomic E-state index is 12.5. The van der Waals surface area contributed by atoms with Crippen LogP contribution in [0.3, 0.4) is 0 Å². The fourth-order valence-corrected chi connectivity index (χ4v) is 3.38. The molecule has 0 N–H and O–H groups in total. The summed E-state index contributed by atoms with van der Waals surface area (Å²) in [6.45, 7) is 5.06. The van der Waals surface area contributed by atoms with Gasteiger partial charge in [-0.1, -0.05) is 12.8 Å². The Morgan fingerprint density at radius 2 is 1.86 bits per heavy atom. The van der Waals surface area contributed by atoms with Crippen LogP contribution in [0.2, 0.25) is 0 Å². The van der Waals surface area contributed by atoms with Crippen LogP contribution >= 0.6 is 0 Å². The van der Waals surface area contributed by atoms with Crippen LogP contribution in [0, 0.1) is 12.8 Å². The van der Waals surface area contributed by atoms with Crippen molar-refractivity contribution in [3.8, 4) is 5.88 Å². The van der Waals surface area contributed by atoms with Crippen molar-refractivity contribution >= 4 is 11.7 Å². The van der Waals surface area contributed by atoms with Gasteiger partial charge in [0.1, 0.15) is 11.6 Å². The number of ether oxygens (including phenoxy) is 1. The van der Waals surface area contributed by atoms with Crippen LogP contribution in [-0.2, 0) is 4.79 Å². The topological polar surface area (TPSA) is 58.6 Å². The fourth-order valence-electron chi connectivity index (χ4n) is 3.38. The van der Waals surface area contributed by atoms with E-state index in [0.29, 0.717) is 17.6 Å². The fraction of sp³-hybridized carbons (Fsp3) is 0.688. The summed E-state index contributed by atoms with van der Waals surface area (Å²) in [5, 5.41) is 0. The second-order valence-corrected chi connectivity index (χ2v) is 6.11. The summed E-state index contributed by atoms with van der Waals surface area (Å²) in [6, 6.07) is 1.86. The van der Waals surface area contributed by atoms with Crippen LogP contribution in [0.4, 0.5) is 5.82 Å². The summed E-state index contributed by atoms with van der Waals surface area (Å²) in [5.74, 6) is 2.81. The summed E-state index contributed by atoms with van der Waals surface area (Å²) < 4.78 is 5.21. The highest BCUT2D eigenvalue weighted by molar-refractivity contribution is 5.79. The minimum absolute atomic E-state index is 0.271. The highest BCUT2D eigenvalue weighted by Crippen LogP contribution is 2.27. The predicted molar refractivity (Wildman–Crippen MR) is 84.1 cm³/mol. The third kappa shape index (κ3) is 3.15. The second kappa shape index (κ2) is 6.50. The molecule has 0 atom stereocenters. The summed E-state index contributed by atoms with van der Waals surface area (Å²) in [6.07, 6.45) is 4.55. The first-order valence-corrected chi connectivity index (χ1v) is 8.11. The summed E-state index contributed by atoms with van der Waals surface area (Å²) in [4.78, 5) is 25.4. The molecule has 6 heteroatoms. The first-order chi connectivity index (χ1) is 10.7. The average molecular weight is 304 g/mol. The number of nitrogens with zero attached hydrogens (tertiary/aromatic N) is 4. The number of methoxy groups -OCH3 is 1. The van der Waals surface area contributed by atoms with Gasteiger partial charge in [-0.3, -0.25) is 4.79 Å². The van der Waals surface area contributed by atoms with Crippen LogP contribution in [0.25, 0.3) is 0 Å². The lowest BCUT2D eigenvalue weighted by atomic mass is 10.1. The standard InChI is InChI=1S/C16H24N4O2/c1-12-17-14(11-15(18-12)22-2)19-7-9-20(10-8-19)16(21)13-5-3-4-6-13/h11,13H,3-10H2,1-2H3. The van der Waals surface area contributed by atoms with Gasteiger partial charge < -0.3 is 14.5 Å². The first-order valence-electron chi connectivity index (χ1n) is 8.11. The average Bonchev–Trinajstić information content (AvgIpc) is 3.08. The number of carbonyl (C=O) groups is 1. The molecule has 22 heavy (non-hydrogen) atoms. The normalized spacial score (nSPS) is 19.5. The number of carbonyl (C=O) groups excluding carboxylic acids is 1. The minimum atomic E-state index is 0.271. The van der Waals surface area contributed by atoms with E-state index in [9.17, 15) is 4.79 Å². The monoisotopic (exact) mass is 304 g/mol. The van der Waals surface area contributed by atoms with E-state index < -0.39 is 0 Å². The van der Waals surface area contributed by atoms with Crippen LogP contribution in [0.1, 0.15) is 31.5 Å². The van der Waals surface area contributed by atoms with Gasteiger partial charge in [0.2, 0.25) is 11.8 Å². The molecule has 1 aliphatic carbocycles. The second-order valence-electron chi connectivity index (χ2n) is 6.11. The van der Waals surface area contributed by atoms with Crippen LogP contribution in [0.15, 0.2) is 6.07 Å². The molecule has 0 aromatic carbocycles. The van der Waals surface area contributed by atoms with Crippen molar-refractivity contribution in [2.45, 2.75) is 32.6 Å². The summed E-state index contributed by atoms with van der Waals surface area (Å²) >= 11 is 0. The van der Waals surface area contributed by atoms with Crippen molar-refractivity contribution in [2.24, 2.45) is 5.92 Å². The van der Waals surface area contributed by atoms with Gasteiger partial charge in [-0.05, 0) is 19.8 Å². The molecule has 3 rings (SSSR count). The first kappa shape index (κ1) is 15.1. The molecule has 1 aliphatic heterocycles. The van der Waals surface area contributed by atoms with Crippen molar-refractivity contribution in [3.05, 3.63) is 11.9 Å². The number of piperazine rings is 1. The van der Waals surface area contributed by atoms with Gasteiger partial charge in [0.05, 0.1) is 7.11 Å². The molecule has 0 bridgehead atoms. The number of rotatable bonds is 3. The highest BCUT2D eigenvalue weighted by Gasteiger charge is 2.29. The SMILES string of the molecule is COc1cc(N2CCN(C(=O)C3CCCC3)CC2)nc(C)n1. The van der Waals surface area contributed by atoms with Gasteiger partial charge >= 0.3 is 0 Å². The number of aromatic nitrogens is 2. The minimum Gasteiger partial charge on any atom is -0.481 e. The van der Waals surface area contributed by atoms with Crippen molar-refractivity contribution in [1.82, 2.24) is 14.9 Å². The zero-order chi connectivity index (χ0) is 15.5. The summed E-state index contributed by atoms with van der Waals surface area (Å²) in [7, 11) is 1.61. The van der Waals surface area contributed by atoms with Crippen molar-refractivity contribution in [3.63, 3.8) is 0 Å². The van der Waals surface area contributed by atoms with Gasteiger partial charge in [-0.25, -0.2) is 4.98 Å². The maximum Gasteiger partial charge on any atom is 0.225 e. The van der Waals surface area contributed by atoms with Gasteiger partial charge in [0.15, 0.2) is 0 Å². The van der Waals surface area contributed by atoms with E-state index in [1.807, 2.05) is 17.9 Å². The molecule has 0 unspecified atom stereocenters. The highest BCUT2D eigenvalue weighted by atomic mass is 16.5. The van der Waals surface area contributed by atoms with E-state index in [4.69, 9.17) is 4.74 Å². The molecule has 6 nitrogen and oxygen atoms in total. The zero-order valence-electron chi connectivity index (χ0n) is 13.4. The third-order valence-corrected chi connectivity index (χ3v) is 4.63. The molecule has 1 aromatic heterocycles. The van der Waals surface area contributed by atoms with E-state index in [1.54, 1.807) is 7.11 Å². The Morgan fingerprint density at radius 3 is 2.50 bits per heavy atom. The summed E-state index contributed by atoms with van der Waals surface area (Å²) in [5.41, 5.74) is 0. The lowest BCUT2D eigenvalue weighted by Crippen LogP contribution is -2.50. The zero-order valence-corrected chi connectivity index (χ0v) is 13.4. The van der Waals surface area contributed by atoms with E-state index in [1.165, 1.54) is 12.8 Å². The van der Waals surface area contributed by atoms with Crippen LogP contribution < -0.4 is 9.64 Å². The van der Waals surface area contributed by atoms with Gasteiger partial charge in [-0.15, -0.1) is 0 Å². The van der Waals surface area contributed by atoms with Crippen molar-refractivity contribution in [2.75, 3.05) is 38.2 Å². The maximum absolute atomic E-state index is 12.5. The van der Waals surface area contributed by atoms with Gasteiger partial charge in [0.25, 0.3) is 0 Å². The molecule has 0 radical (unpaired) electrons. The van der Waals surface area contributed by atoms with Crippen LogP contribution in [0.5, 0.6) is 5.88 Å². The van der Waals surface area contributed by atoms with Crippen molar-refractivity contribution in [1.29, 1.82) is 0 Å². The third-order valence-electron chi connectivity index (χ3n) is 4.63. The predicted octanol–water partition coefficient (Wildman–Crippen LogP) is 1.63. The largest absolute Gasteiger partial charge is 0.481 e. The number of amides is 1. The molecule has 2 heterocycles. The number of hydrogen-bond donors (Lipinski definition) is 0. The number of anilines is 1. The molecule has 2 fully saturated rings. The van der Waals surface area contributed by atoms with Crippen molar-refractivity contribution < 1.29 is 9.53 Å². The Balaban J connectivity index is 1.61. The molecule has 1 saturated heterocycles. The lowest BCUT2D eigenvalue weighted by Gasteiger charge is -2.36. The Bertz CT molecular complexity index is 535. The molecule has 1 amide bonds. The lowest BCUT2D eigenvalue weighted by molar-refractivity contribution is -0.135. The Labute approximate surface area is 131 Å². The van der Waals surface area contributed by atoms with Gasteiger partial charge in [0, 0.05) is 38.2 Å². The van der Waals surface area contributed by atoms with E-state index in [-0.39, 0.29) is 5.92 Å². The Hall–Kier alpha value is -1.85. The van der Waals surface area contributed by atoms with Crippen LogP contribution in [-0.4, -0.2) is 54.1 Å². The molecule has 0 spiro atoms. The Morgan fingerprint density at radius 1 is 1.18 bits per heavy atom. The molecule has 2 aliphatic rings. The quantitative estimate of drug-likeness (QED) is 0.849.